The highest BCUT2D eigenvalue weighted by Gasteiger charge is 2.19. The summed E-state index contributed by atoms with van der Waals surface area (Å²) in [6, 6.07) is 18.1. The molecule has 1 N–H and O–H groups in total. The van der Waals surface area contributed by atoms with Gasteiger partial charge in [0.2, 0.25) is 0 Å². The summed E-state index contributed by atoms with van der Waals surface area (Å²) >= 11 is 1.25. The van der Waals surface area contributed by atoms with Gasteiger partial charge in [-0.15, -0.1) is 11.3 Å². The predicted molar refractivity (Wildman–Crippen MR) is 110 cm³/mol. The molecule has 1 aliphatic rings. The van der Waals surface area contributed by atoms with Crippen molar-refractivity contribution in [2.75, 3.05) is 26.3 Å². The van der Waals surface area contributed by atoms with Gasteiger partial charge < -0.3 is 9.84 Å². The largest absolute Gasteiger partial charge is 0.477 e. The summed E-state index contributed by atoms with van der Waals surface area (Å²) in [4.78, 5) is 19.1. The molecule has 28 heavy (non-hydrogen) atoms. The lowest BCUT2D eigenvalue weighted by atomic mass is 10.1. The topological polar surface area (TPSA) is 62.7 Å². The third-order valence-corrected chi connectivity index (χ3v) is 5.92. The number of ether oxygens (including phenoxy) is 1. The molecule has 4 rings (SSSR count). The van der Waals surface area contributed by atoms with Gasteiger partial charge in [-0.05, 0) is 17.2 Å². The number of aromatic carboxylic acids is 1. The van der Waals surface area contributed by atoms with Crippen molar-refractivity contribution < 1.29 is 14.6 Å². The maximum absolute atomic E-state index is 11.7. The lowest BCUT2D eigenvalue weighted by molar-refractivity contribution is 0.0342. The average molecular weight is 394 g/mol. The fourth-order valence-corrected chi connectivity index (χ4v) is 4.29. The molecular formula is C22H22N2O3S. The second-order valence-electron chi connectivity index (χ2n) is 6.85. The van der Waals surface area contributed by atoms with Gasteiger partial charge in [-0.3, -0.25) is 4.90 Å². The second-order valence-corrected chi connectivity index (χ2v) is 7.85. The van der Waals surface area contributed by atoms with Crippen molar-refractivity contribution in [3.63, 3.8) is 0 Å². The molecule has 1 aromatic heterocycles. The van der Waals surface area contributed by atoms with Gasteiger partial charge >= 0.3 is 5.97 Å². The summed E-state index contributed by atoms with van der Waals surface area (Å²) in [7, 11) is 0. The van der Waals surface area contributed by atoms with E-state index in [1.165, 1.54) is 16.9 Å². The van der Waals surface area contributed by atoms with Gasteiger partial charge in [-0.2, -0.15) is 0 Å². The molecule has 6 heteroatoms. The van der Waals surface area contributed by atoms with Crippen molar-refractivity contribution in [1.29, 1.82) is 0 Å². The first-order valence-corrected chi connectivity index (χ1v) is 10.2. The molecule has 2 heterocycles. The Balaban J connectivity index is 1.59. The van der Waals surface area contributed by atoms with Crippen LogP contribution in [-0.2, 0) is 17.7 Å². The molecule has 144 valence electrons. The summed E-state index contributed by atoms with van der Waals surface area (Å²) < 4.78 is 5.41. The van der Waals surface area contributed by atoms with Crippen LogP contribution in [0.2, 0.25) is 0 Å². The third kappa shape index (κ3) is 4.47. The minimum Gasteiger partial charge on any atom is -0.477 e. The number of hydrogen-bond donors (Lipinski definition) is 1. The lowest BCUT2D eigenvalue weighted by Gasteiger charge is -2.26. The number of rotatable bonds is 6. The van der Waals surface area contributed by atoms with Crippen LogP contribution < -0.4 is 0 Å². The van der Waals surface area contributed by atoms with Crippen molar-refractivity contribution in [2.24, 2.45) is 0 Å². The van der Waals surface area contributed by atoms with E-state index in [0.717, 1.165) is 49.0 Å². The summed E-state index contributed by atoms with van der Waals surface area (Å²) in [5.41, 5.74) is 3.86. The van der Waals surface area contributed by atoms with Gasteiger partial charge in [-0.25, -0.2) is 9.78 Å². The Labute approximate surface area is 168 Å². The molecule has 0 radical (unpaired) electrons. The Hall–Kier alpha value is -2.54. The molecule has 1 aliphatic heterocycles. The molecule has 0 spiro atoms. The van der Waals surface area contributed by atoms with E-state index in [4.69, 9.17) is 4.74 Å². The first-order chi connectivity index (χ1) is 13.7. The lowest BCUT2D eigenvalue weighted by Crippen LogP contribution is -2.35. The van der Waals surface area contributed by atoms with Crippen LogP contribution in [0, 0.1) is 0 Å². The minimum absolute atomic E-state index is 0.317. The Kier molecular flexibility index (Phi) is 5.81. The van der Waals surface area contributed by atoms with Crippen LogP contribution in [0.1, 0.15) is 26.5 Å². The van der Waals surface area contributed by atoms with E-state index in [9.17, 15) is 9.90 Å². The number of aromatic nitrogens is 1. The number of thiazole rings is 1. The fraction of sp³-hybridized carbons (Fsp3) is 0.273. The Morgan fingerprint density at radius 3 is 2.57 bits per heavy atom. The number of carboxylic acids is 1. The number of carbonyl (C=O) groups is 1. The molecular weight excluding hydrogens is 372 g/mol. The Morgan fingerprint density at radius 1 is 1.07 bits per heavy atom. The van der Waals surface area contributed by atoms with E-state index in [-0.39, 0.29) is 0 Å². The SMILES string of the molecule is O=C(O)c1sc(-c2cccc(CN3CCOCC3)c2)nc1Cc1ccccc1. The van der Waals surface area contributed by atoms with E-state index < -0.39 is 5.97 Å². The average Bonchev–Trinajstić information content (AvgIpc) is 3.14. The zero-order valence-corrected chi connectivity index (χ0v) is 16.3. The van der Waals surface area contributed by atoms with E-state index in [0.29, 0.717) is 17.0 Å². The van der Waals surface area contributed by atoms with Crippen LogP contribution in [0.3, 0.4) is 0 Å². The Morgan fingerprint density at radius 2 is 1.82 bits per heavy atom. The van der Waals surface area contributed by atoms with E-state index in [2.05, 4.69) is 22.0 Å². The monoisotopic (exact) mass is 394 g/mol. The molecule has 0 saturated carbocycles. The van der Waals surface area contributed by atoms with Gasteiger partial charge in [0.25, 0.3) is 0 Å². The molecule has 2 aromatic carbocycles. The number of morpholine rings is 1. The molecule has 0 bridgehead atoms. The molecule has 0 aliphatic carbocycles. The van der Waals surface area contributed by atoms with Crippen molar-refractivity contribution in [3.8, 4) is 10.6 Å². The molecule has 5 nitrogen and oxygen atoms in total. The highest BCUT2D eigenvalue weighted by molar-refractivity contribution is 7.17. The summed E-state index contributed by atoms with van der Waals surface area (Å²) in [6.07, 6.45) is 0.520. The van der Waals surface area contributed by atoms with E-state index in [1.807, 2.05) is 42.5 Å². The van der Waals surface area contributed by atoms with Gasteiger partial charge in [-0.1, -0.05) is 48.5 Å². The molecule has 3 aromatic rings. The summed E-state index contributed by atoms with van der Waals surface area (Å²) in [6.45, 7) is 4.29. The van der Waals surface area contributed by atoms with Crippen molar-refractivity contribution in [3.05, 3.63) is 76.3 Å². The maximum atomic E-state index is 11.7. The molecule has 0 amide bonds. The smallest absolute Gasteiger partial charge is 0.347 e. The van der Waals surface area contributed by atoms with Crippen molar-refractivity contribution in [1.82, 2.24) is 9.88 Å². The number of carboxylic acid groups (broad SMARTS) is 1. The van der Waals surface area contributed by atoms with Gasteiger partial charge in [0, 0.05) is 31.6 Å². The van der Waals surface area contributed by atoms with Crippen LogP contribution in [0.4, 0.5) is 0 Å². The first kappa shape index (κ1) is 18.8. The van der Waals surface area contributed by atoms with E-state index in [1.54, 1.807) is 0 Å². The fourth-order valence-electron chi connectivity index (χ4n) is 3.37. The zero-order valence-electron chi connectivity index (χ0n) is 15.5. The van der Waals surface area contributed by atoms with Crippen LogP contribution in [-0.4, -0.2) is 47.3 Å². The Bertz CT molecular complexity index is 949. The maximum Gasteiger partial charge on any atom is 0.347 e. The first-order valence-electron chi connectivity index (χ1n) is 9.35. The number of hydrogen-bond acceptors (Lipinski definition) is 5. The second kappa shape index (κ2) is 8.65. The number of benzene rings is 2. The normalized spacial score (nSPS) is 14.9. The summed E-state index contributed by atoms with van der Waals surface area (Å²) in [5, 5.41) is 10.4. The molecule has 1 fully saturated rings. The van der Waals surface area contributed by atoms with Crippen LogP contribution in [0.25, 0.3) is 10.6 Å². The quantitative estimate of drug-likeness (QED) is 0.686. The number of nitrogens with zero attached hydrogens (tertiary/aromatic N) is 2. The molecule has 0 atom stereocenters. The minimum atomic E-state index is -0.917. The van der Waals surface area contributed by atoms with Crippen LogP contribution in [0.5, 0.6) is 0 Å². The predicted octanol–water partition coefficient (Wildman–Crippen LogP) is 3.93. The van der Waals surface area contributed by atoms with Crippen LogP contribution in [0.15, 0.2) is 54.6 Å². The van der Waals surface area contributed by atoms with Crippen molar-refractivity contribution in [2.45, 2.75) is 13.0 Å². The zero-order chi connectivity index (χ0) is 19.3. The van der Waals surface area contributed by atoms with Gasteiger partial charge in [0.05, 0.1) is 18.9 Å². The highest BCUT2D eigenvalue weighted by Crippen LogP contribution is 2.30. The van der Waals surface area contributed by atoms with Gasteiger partial charge in [0.15, 0.2) is 0 Å². The summed E-state index contributed by atoms with van der Waals surface area (Å²) in [5.74, 6) is -0.917. The van der Waals surface area contributed by atoms with Crippen LogP contribution >= 0.6 is 11.3 Å². The third-order valence-electron chi connectivity index (χ3n) is 4.79. The van der Waals surface area contributed by atoms with Gasteiger partial charge in [0.1, 0.15) is 9.88 Å². The standard InChI is InChI=1S/C22H22N2O3S/c25-22(26)20-19(14-16-5-2-1-3-6-16)23-21(28-20)18-8-4-7-17(13-18)15-24-9-11-27-12-10-24/h1-8,13H,9-12,14-15H2,(H,25,26). The van der Waals surface area contributed by atoms with Crippen molar-refractivity contribution >= 4 is 17.3 Å². The molecule has 0 unspecified atom stereocenters. The highest BCUT2D eigenvalue weighted by atomic mass is 32.1. The van der Waals surface area contributed by atoms with E-state index >= 15 is 0 Å². The molecule has 1 saturated heterocycles.